The molecule has 0 amide bonds. The molecule has 2 aromatic rings. The first-order chi connectivity index (χ1) is 7.08. The molecule has 0 bridgehead atoms. The second kappa shape index (κ2) is 3.58. The van der Waals surface area contributed by atoms with Crippen LogP contribution in [0.1, 0.15) is 30.9 Å². The summed E-state index contributed by atoms with van der Waals surface area (Å²) in [7, 11) is 0. The van der Waals surface area contributed by atoms with Crippen molar-refractivity contribution in [3.05, 3.63) is 41.5 Å². The van der Waals surface area contributed by atoms with E-state index in [9.17, 15) is 0 Å². The highest BCUT2D eigenvalue weighted by Gasteiger charge is 2.04. The Morgan fingerprint density at radius 1 is 1.07 bits per heavy atom. The third-order valence-electron chi connectivity index (χ3n) is 2.83. The number of aryl methyl sites for hydroxylation is 1. The third kappa shape index (κ3) is 1.82. The number of hydrogen-bond acceptors (Lipinski definition) is 1. The molecule has 0 saturated heterocycles. The quantitative estimate of drug-likeness (QED) is 0.693. The van der Waals surface area contributed by atoms with Gasteiger partial charge < -0.3 is 5.73 Å². The predicted octanol–water partition coefficient (Wildman–Crippen LogP) is 3.85. The number of nitrogens with two attached hydrogens (primary N) is 1. The Labute approximate surface area is 90.9 Å². The molecule has 1 nitrogen and oxygen atoms in total. The van der Waals surface area contributed by atoms with Crippen LogP contribution in [-0.4, -0.2) is 0 Å². The van der Waals surface area contributed by atoms with Crippen molar-refractivity contribution in [2.24, 2.45) is 0 Å². The number of hydrogen-bond donors (Lipinski definition) is 1. The van der Waals surface area contributed by atoms with Crippen LogP contribution in [0.25, 0.3) is 10.8 Å². The van der Waals surface area contributed by atoms with Gasteiger partial charge >= 0.3 is 0 Å². The zero-order valence-corrected chi connectivity index (χ0v) is 9.54. The molecule has 2 rings (SSSR count). The summed E-state index contributed by atoms with van der Waals surface area (Å²) in [5, 5.41) is 2.41. The van der Waals surface area contributed by atoms with Gasteiger partial charge in [-0.2, -0.15) is 0 Å². The van der Waals surface area contributed by atoms with Gasteiger partial charge in [0.05, 0.1) is 0 Å². The molecule has 15 heavy (non-hydrogen) atoms. The molecule has 0 aliphatic carbocycles. The van der Waals surface area contributed by atoms with E-state index in [0.717, 1.165) is 5.69 Å². The van der Waals surface area contributed by atoms with E-state index in [4.69, 9.17) is 5.73 Å². The SMILES string of the molecule is Cc1ccc2cc(C(C)C)cc(N)c2c1. The topological polar surface area (TPSA) is 26.0 Å². The zero-order valence-electron chi connectivity index (χ0n) is 9.54. The molecule has 0 fully saturated rings. The van der Waals surface area contributed by atoms with Gasteiger partial charge in [-0.15, -0.1) is 0 Å². The van der Waals surface area contributed by atoms with Gasteiger partial charge in [-0.1, -0.05) is 37.6 Å². The molecule has 0 heterocycles. The lowest BCUT2D eigenvalue weighted by molar-refractivity contribution is 0.869. The molecule has 0 aliphatic rings. The first kappa shape index (κ1) is 10.0. The first-order valence-electron chi connectivity index (χ1n) is 5.37. The first-order valence-corrected chi connectivity index (χ1v) is 5.37. The predicted molar refractivity (Wildman–Crippen MR) is 67.2 cm³/mol. The van der Waals surface area contributed by atoms with E-state index in [1.165, 1.54) is 21.9 Å². The van der Waals surface area contributed by atoms with Gasteiger partial charge in [-0.3, -0.25) is 0 Å². The van der Waals surface area contributed by atoms with Crippen LogP contribution in [-0.2, 0) is 0 Å². The summed E-state index contributed by atoms with van der Waals surface area (Å²) in [5.74, 6) is 0.526. The minimum Gasteiger partial charge on any atom is -0.398 e. The van der Waals surface area contributed by atoms with Crippen molar-refractivity contribution < 1.29 is 0 Å². The van der Waals surface area contributed by atoms with Crippen LogP contribution in [0.15, 0.2) is 30.3 Å². The van der Waals surface area contributed by atoms with E-state index >= 15 is 0 Å². The highest BCUT2D eigenvalue weighted by atomic mass is 14.6. The third-order valence-corrected chi connectivity index (χ3v) is 2.83. The summed E-state index contributed by atoms with van der Waals surface area (Å²) in [6.07, 6.45) is 0. The molecular weight excluding hydrogens is 182 g/mol. The Kier molecular flexibility index (Phi) is 2.39. The van der Waals surface area contributed by atoms with Gasteiger partial charge in [-0.05, 0) is 35.9 Å². The fourth-order valence-electron chi connectivity index (χ4n) is 1.86. The van der Waals surface area contributed by atoms with Crippen molar-refractivity contribution in [1.82, 2.24) is 0 Å². The van der Waals surface area contributed by atoms with Crippen LogP contribution in [0.4, 0.5) is 5.69 Å². The van der Waals surface area contributed by atoms with Crippen LogP contribution >= 0.6 is 0 Å². The van der Waals surface area contributed by atoms with Crippen molar-refractivity contribution in [1.29, 1.82) is 0 Å². The smallest absolute Gasteiger partial charge is 0.0396 e. The van der Waals surface area contributed by atoms with Crippen LogP contribution in [0, 0.1) is 6.92 Å². The second-order valence-corrected chi connectivity index (χ2v) is 4.49. The summed E-state index contributed by atoms with van der Waals surface area (Å²) in [6, 6.07) is 10.7. The largest absolute Gasteiger partial charge is 0.398 e. The molecule has 0 atom stereocenters. The molecule has 2 N–H and O–H groups in total. The standard InChI is InChI=1S/C14H17N/c1-9(2)12-7-11-5-4-10(3)6-13(11)14(15)8-12/h4-9H,15H2,1-3H3. The molecule has 0 radical (unpaired) electrons. The Morgan fingerprint density at radius 2 is 1.80 bits per heavy atom. The highest BCUT2D eigenvalue weighted by Crippen LogP contribution is 2.27. The fourth-order valence-corrected chi connectivity index (χ4v) is 1.86. The minimum atomic E-state index is 0.526. The van der Waals surface area contributed by atoms with Crippen LogP contribution in [0.3, 0.4) is 0 Å². The van der Waals surface area contributed by atoms with E-state index in [2.05, 4.69) is 51.1 Å². The van der Waals surface area contributed by atoms with Gasteiger partial charge in [0.15, 0.2) is 0 Å². The van der Waals surface area contributed by atoms with Crippen LogP contribution in [0.2, 0.25) is 0 Å². The van der Waals surface area contributed by atoms with Crippen molar-refractivity contribution in [3.63, 3.8) is 0 Å². The van der Waals surface area contributed by atoms with E-state index in [1.807, 2.05) is 0 Å². The number of benzene rings is 2. The summed E-state index contributed by atoms with van der Waals surface area (Å²) in [4.78, 5) is 0. The van der Waals surface area contributed by atoms with Crippen LogP contribution < -0.4 is 5.73 Å². The average molecular weight is 199 g/mol. The lowest BCUT2D eigenvalue weighted by Gasteiger charge is -2.10. The second-order valence-electron chi connectivity index (χ2n) is 4.49. The summed E-state index contributed by atoms with van der Waals surface area (Å²) in [6.45, 7) is 6.47. The van der Waals surface area contributed by atoms with E-state index in [0.29, 0.717) is 5.92 Å². The van der Waals surface area contributed by atoms with Gasteiger partial charge in [-0.25, -0.2) is 0 Å². The van der Waals surface area contributed by atoms with Gasteiger partial charge in [0.25, 0.3) is 0 Å². The highest BCUT2D eigenvalue weighted by molar-refractivity contribution is 5.94. The molecule has 0 aliphatic heterocycles. The van der Waals surface area contributed by atoms with Gasteiger partial charge in [0.1, 0.15) is 0 Å². The molecule has 0 saturated carbocycles. The number of fused-ring (bicyclic) bond motifs is 1. The van der Waals surface area contributed by atoms with Gasteiger partial charge in [0, 0.05) is 11.1 Å². The maximum absolute atomic E-state index is 6.06. The normalized spacial score (nSPS) is 11.2. The average Bonchev–Trinajstić information content (AvgIpc) is 2.18. The number of nitrogen functional groups attached to an aromatic ring is 1. The molecular formula is C14H17N. The van der Waals surface area contributed by atoms with Gasteiger partial charge in [0.2, 0.25) is 0 Å². The zero-order chi connectivity index (χ0) is 11.0. The molecule has 0 unspecified atom stereocenters. The lowest BCUT2D eigenvalue weighted by atomic mass is 9.97. The molecule has 78 valence electrons. The molecule has 0 aromatic heterocycles. The Morgan fingerprint density at radius 3 is 2.47 bits per heavy atom. The fraction of sp³-hybridized carbons (Fsp3) is 0.286. The van der Waals surface area contributed by atoms with E-state index in [1.54, 1.807) is 0 Å². The van der Waals surface area contributed by atoms with E-state index < -0.39 is 0 Å². The van der Waals surface area contributed by atoms with Crippen LogP contribution in [0.5, 0.6) is 0 Å². The number of anilines is 1. The Balaban J connectivity index is 2.73. The summed E-state index contributed by atoms with van der Waals surface area (Å²) >= 11 is 0. The van der Waals surface area contributed by atoms with Crippen molar-refractivity contribution in [2.75, 3.05) is 5.73 Å². The lowest BCUT2D eigenvalue weighted by Crippen LogP contribution is -1.93. The van der Waals surface area contributed by atoms with Crippen molar-refractivity contribution in [3.8, 4) is 0 Å². The molecule has 1 heteroatoms. The maximum Gasteiger partial charge on any atom is 0.0396 e. The Bertz CT molecular complexity index is 498. The monoisotopic (exact) mass is 199 g/mol. The number of rotatable bonds is 1. The summed E-state index contributed by atoms with van der Waals surface area (Å²) in [5.41, 5.74) is 9.52. The minimum absolute atomic E-state index is 0.526. The molecule has 2 aromatic carbocycles. The van der Waals surface area contributed by atoms with Crippen molar-refractivity contribution >= 4 is 16.5 Å². The maximum atomic E-state index is 6.06. The Hall–Kier alpha value is -1.50. The molecule has 0 spiro atoms. The van der Waals surface area contributed by atoms with E-state index in [-0.39, 0.29) is 0 Å². The van der Waals surface area contributed by atoms with Crippen molar-refractivity contribution in [2.45, 2.75) is 26.7 Å². The summed E-state index contributed by atoms with van der Waals surface area (Å²) < 4.78 is 0.